The zero-order valence-electron chi connectivity index (χ0n) is 19.3. The van der Waals surface area contributed by atoms with Crippen molar-refractivity contribution in [2.75, 3.05) is 20.5 Å². The van der Waals surface area contributed by atoms with Crippen molar-refractivity contribution in [3.05, 3.63) is 82.9 Å². The summed E-state index contributed by atoms with van der Waals surface area (Å²) in [4.78, 5) is 27.3. The van der Waals surface area contributed by atoms with Crippen LogP contribution < -0.4 is 9.47 Å². The molecule has 1 heterocycles. The quantitative estimate of drug-likeness (QED) is 0.183. The van der Waals surface area contributed by atoms with Crippen molar-refractivity contribution in [2.45, 2.75) is 11.3 Å². The number of allylic oxidation sites excluding steroid dienone is 1. The number of carboxylic acids is 1. The van der Waals surface area contributed by atoms with Gasteiger partial charge >= 0.3 is 5.97 Å². The van der Waals surface area contributed by atoms with E-state index >= 15 is 0 Å². The molecule has 0 radical (unpaired) electrons. The molecule has 4 rings (SSSR count). The predicted molar refractivity (Wildman–Crippen MR) is 138 cm³/mol. The standard InChI is InChI=1S/C26H22N2O5S2/c1-32-22-11-4-15(13-23(22)33-2)12-19(25(29)16-5-8-18(34-3)9-6-16)24(26(30)31)17-7-10-20-21(14-17)28-35-27-20/h4-11,13-14H,12H2,1-3H3,(H,30,31)/b24-19+. The van der Waals surface area contributed by atoms with Gasteiger partial charge in [-0.15, -0.1) is 11.8 Å². The fraction of sp³-hybridized carbons (Fsp3) is 0.154. The first-order chi connectivity index (χ1) is 16.9. The highest BCUT2D eigenvalue weighted by Gasteiger charge is 2.25. The van der Waals surface area contributed by atoms with Crippen LogP contribution in [0.5, 0.6) is 11.5 Å². The number of ketones is 1. The summed E-state index contributed by atoms with van der Waals surface area (Å²) in [5, 5.41) is 10.3. The summed E-state index contributed by atoms with van der Waals surface area (Å²) < 4.78 is 19.1. The molecular formula is C26H22N2O5S2. The van der Waals surface area contributed by atoms with Crippen LogP contribution in [0.1, 0.15) is 21.5 Å². The number of thioether (sulfide) groups is 1. The summed E-state index contributed by atoms with van der Waals surface area (Å²) in [6.07, 6.45) is 2.03. The van der Waals surface area contributed by atoms with Gasteiger partial charge in [0.2, 0.25) is 0 Å². The van der Waals surface area contributed by atoms with E-state index in [1.165, 1.54) is 14.2 Å². The number of rotatable bonds is 9. The molecular weight excluding hydrogens is 484 g/mol. The average molecular weight is 507 g/mol. The third-order valence-corrected chi connectivity index (χ3v) is 6.81. The Hall–Kier alpha value is -3.69. The van der Waals surface area contributed by atoms with Crippen molar-refractivity contribution in [3.63, 3.8) is 0 Å². The van der Waals surface area contributed by atoms with Crippen LogP contribution in [0.15, 0.2) is 71.1 Å². The van der Waals surface area contributed by atoms with Crippen molar-refractivity contribution in [3.8, 4) is 11.5 Å². The zero-order chi connectivity index (χ0) is 24.9. The minimum absolute atomic E-state index is 0.0753. The molecule has 35 heavy (non-hydrogen) atoms. The van der Waals surface area contributed by atoms with Crippen molar-refractivity contribution in [1.29, 1.82) is 0 Å². The molecule has 0 atom stereocenters. The van der Waals surface area contributed by atoms with Crippen molar-refractivity contribution >= 4 is 51.8 Å². The Morgan fingerprint density at radius 1 is 0.886 bits per heavy atom. The number of ether oxygens (including phenoxy) is 2. The molecule has 0 aliphatic carbocycles. The van der Waals surface area contributed by atoms with E-state index in [2.05, 4.69) is 8.75 Å². The molecule has 9 heteroatoms. The lowest BCUT2D eigenvalue weighted by Gasteiger charge is -2.15. The van der Waals surface area contributed by atoms with Crippen LogP contribution in [0.2, 0.25) is 0 Å². The maximum Gasteiger partial charge on any atom is 0.336 e. The first kappa shape index (κ1) is 24.4. The second-order valence-corrected chi connectivity index (χ2v) is 8.96. The Labute approximate surface area is 210 Å². The second-order valence-electron chi connectivity index (χ2n) is 7.55. The highest BCUT2D eigenvalue weighted by Crippen LogP contribution is 2.32. The largest absolute Gasteiger partial charge is 0.493 e. The van der Waals surface area contributed by atoms with Gasteiger partial charge in [0.1, 0.15) is 11.0 Å². The molecule has 0 aliphatic rings. The predicted octanol–water partition coefficient (Wildman–Crippen LogP) is 5.39. The Balaban J connectivity index is 1.89. The number of carboxylic acid groups (broad SMARTS) is 1. The van der Waals surface area contributed by atoms with Gasteiger partial charge in [-0.1, -0.05) is 12.1 Å². The maximum atomic E-state index is 13.7. The smallest absolute Gasteiger partial charge is 0.336 e. The van der Waals surface area contributed by atoms with E-state index in [1.807, 2.05) is 18.4 Å². The molecule has 4 aromatic rings. The lowest BCUT2D eigenvalue weighted by atomic mass is 9.89. The van der Waals surface area contributed by atoms with Gasteiger partial charge in [0, 0.05) is 22.5 Å². The minimum atomic E-state index is -1.20. The summed E-state index contributed by atoms with van der Waals surface area (Å²) in [5.41, 5.74) is 2.84. The van der Waals surface area contributed by atoms with Crippen LogP contribution in [0, 0.1) is 0 Å². The number of nitrogens with zero attached hydrogens (tertiary/aromatic N) is 2. The van der Waals surface area contributed by atoms with Crippen LogP contribution in [-0.2, 0) is 11.2 Å². The number of methoxy groups -OCH3 is 2. The second kappa shape index (κ2) is 10.7. The lowest BCUT2D eigenvalue weighted by Crippen LogP contribution is -2.14. The molecule has 0 unspecified atom stereocenters. The topological polar surface area (TPSA) is 98.6 Å². The summed E-state index contributed by atoms with van der Waals surface area (Å²) in [5.74, 6) is -0.521. The van der Waals surface area contributed by atoms with E-state index in [4.69, 9.17) is 9.47 Å². The molecule has 0 saturated heterocycles. The Bertz CT molecular complexity index is 1430. The SMILES string of the molecule is COc1ccc(C/C(C(=O)c2ccc(SC)cc2)=C(\C(=O)O)c2ccc3nsnc3c2)cc1OC. The average Bonchev–Trinajstić information content (AvgIpc) is 3.35. The van der Waals surface area contributed by atoms with Gasteiger partial charge in [-0.3, -0.25) is 4.79 Å². The monoisotopic (exact) mass is 506 g/mol. The molecule has 3 aromatic carbocycles. The number of hydrogen-bond donors (Lipinski definition) is 1. The number of benzene rings is 3. The van der Waals surface area contributed by atoms with Crippen LogP contribution in [0.25, 0.3) is 16.6 Å². The summed E-state index contributed by atoms with van der Waals surface area (Å²) in [6.45, 7) is 0. The lowest BCUT2D eigenvalue weighted by molar-refractivity contribution is -0.130. The first-order valence-corrected chi connectivity index (χ1v) is 12.5. The number of aromatic nitrogens is 2. The van der Waals surface area contributed by atoms with E-state index in [0.717, 1.165) is 16.6 Å². The maximum absolute atomic E-state index is 13.7. The van der Waals surface area contributed by atoms with Gasteiger partial charge in [0.25, 0.3) is 0 Å². The van der Waals surface area contributed by atoms with E-state index < -0.39 is 5.97 Å². The first-order valence-electron chi connectivity index (χ1n) is 10.5. The number of Topliss-reactive ketones (excluding diaryl/α,β-unsaturated/α-hetero) is 1. The Morgan fingerprint density at radius 3 is 2.23 bits per heavy atom. The molecule has 7 nitrogen and oxygen atoms in total. The van der Waals surface area contributed by atoms with Crippen LogP contribution in [-0.4, -0.2) is 46.1 Å². The molecule has 0 amide bonds. The molecule has 0 saturated carbocycles. The van der Waals surface area contributed by atoms with Gasteiger partial charge in [0.05, 0.1) is 31.5 Å². The van der Waals surface area contributed by atoms with Crippen molar-refractivity contribution in [2.24, 2.45) is 0 Å². The van der Waals surface area contributed by atoms with E-state index in [0.29, 0.717) is 39.2 Å². The van der Waals surface area contributed by atoms with Gasteiger partial charge < -0.3 is 14.6 Å². The van der Waals surface area contributed by atoms with Crippen molar-refractivity contribution in [1.82, 2.24) is 8.75 Å². The fourth-order valence-electron chi connectivity index (χ4n) is 3.76. The van der Waals surface area contributed by atoms with E-state index in [-0.39, 0.29) is 23.4 Å². The highest BCUT2D eigenvalue weighted by atomic mass is 32.2. The third-order valence-electron chi connectivity index (χ3n) is 5.51. The van der Waals surface area contributed by atoms with Gasteiger partial charge in [-0.2, -0.15) is 8.75 Å². The van der Waals surface area contributed by atoms with Crippen LogP contribution >= 0.6 is 23.5 Å². The number of carbonyl (C=O) groups is 2. The number of aliphatic carboxylic acids is 1. The molecule has 0 aliphatic heterocycles. The van der Waals surface area contributed by atoms with E-state index in [9.17, 15) is 14.7 Å². The fourth-order valence-corrected chi connectivity index (χ4v) is 4.68. The summed E-state index contributed by atoms with van der Waals surface area (Å²) >= 11 is 2.61. The number of hydrogen-bond acceptors (Lipinski definition) is 8. The van der Waals surface area contributed by atoms with E-state index in [1.54, 1.807) is 60.3 Å². The zero-order valence-corrected chi connectivity index (χ0v) is 20.9. The normalized spacial score (nSPS) is 11.7. The molecule has 178 valence electrons. The van der Waals surface area contributed by atoms with Gasteiger partial charge in [-0.05, 0) is 65.9 Å². The number of fused-ring (bicyclic) bond motifs is 1. The molecule has 0 fully saturated rings. The van der Waals surface area contributed by atoms with Crippen LogP contribution in [0.3, 0.4) is 0 Å². The highest BCUT2D eigenvalue weighted by molar-refractivity contribution is 7.98. The van der Waals surface area contributed by atoms with Gasteiger partial charge in [0.15, 0.2) is 17.3 Å². The molecule has 0 spiro atoms. The molecule has 0 bridgehead atoms. The minimum Gasteiger partial charge on any atom is -0.493 e. The van der Waals surface area contributed by atoms with Gasteiger partial charge in [-0.25, -0.2) is 4.79 Å². The summed E-state index contributed by atoms with van der Waals surface area (Å²) in [7, 11) is 3.06. The Kier molecular flexibility index (Phi) is 7.48. The molecule has 1 N–H and O–H groups in total. The Morgan fingerprint density at radius 2 is 1.57 bits per heavy atom. The third kappa shape index (κ3) is 5.21. The number of carbonyl (C=O) groups excluding carboxylic acids is 1. The molecule has 1 aromatic heterocycles. The summed E-state index contributed by atoms with van der Waals surface area (Å²) in [6, 6.07) is 17.4. The van der Waals surface area contributed by atoms with Crippen LogP contribution in [0.4, 0.5) is 0 Å². The van der Waals surface area contributed by atoms with Crippen molar-refractivity contribution < 1.29 is 24.2 Å².